The molecule has 0 unspecified atom stereocenters. The number of aldehydes is 1. The van der Waals surface area contributed by atoms with Crippen molar-refractivity contribution in [3.63, 3.8) is 0 Å². The summed E-state index contributed by atoms with van der Waals surface area (Å²) in [6, 6.07) is 6.90. The zero-order valence-corrected chi connectivity index (χ0v) is 10.2. The molecular formula is C13H13NO4. The second kappa shape index (κ2) is 5.35. The number of hydrogen-bond donors (Lipinski definition) is 0. The predicted molar refractivity (Wildman–Crippen MR) is 64.0 cm³/mol. The molecule has 0 saturated carbocycles. The first-order valence-corrected chi connectivity index (χ1v) is 5.41. The number of ether oxygens (including phenoxy) is 2. The van der Waals surface area contributed by atoms with Crippen molar-refractivity contribution < 1.29 is 18.8 Å². The SMILES string of the molecule is COc1cccc(C=O)c1OCc1cc(C)on1. The Labute approximate surface area is 104 Å². The van der Waals surface area contributed by atoms with Crippen LogP contribution >= 0.6 is 0 Å². The van der Waals surface area contributed by atoms with Gasteiger partial charge in [-0.1, -0.05) is 11.2 Å². The van der Waals surface area contributed by atoms with Crippen LogP contribution in [-0.2, 0) is 6.61 Å². The monoisotopic (exact) mass is 247 g/mol. The van der Waals surface area contributed by atoms with Gasteiger partial charge in [-0.2, -0.15) is 0 Å². The fourth-order valence-corrected chi connectivity index (χ4v) is 1.57. The highest BCUT2D eigenvalue weighted by molar-refractivity contribution is 5.81. The molecule has 0 N–H and O–H groups in total. The van der Waals surface area contributed by atoms with Crippen molar-refractivity contribution in [2.45, 2.75) is 13.5 Å². The summed E-state index contributed by atoms with van der Waals surface area (Å²) in [7, 11) is 1.52. The van der Waals surface area contributed by atoms with Crippen LogP contribution in [0, 0.1) is 6.92 Å². The summed E-state index contributed by atoms with van der Waals surface area (Å²) in [6.45, 7) is 2.02. The van der Waals surface area contributed by atoms with Gasteiger partial charge in [-0.05, 0) is 19.1 Å². The minimum Gasteiger partial charge on any atom is -0.493 e. The molecule has 0 radical (unpaired) electrons. The largest absolute Gasteiger partial charge is 0.493 e. The number of carbonyl (C=O) groups is 1. The van der Waals surface area contributed by atoms with Crippen molar-refractivity contribution in [2.75, 3.05) is 7.11 Å². The van der Waals surface area contributed by atoms with Gasteiger partial charge in [-0.15, -0.1) is 0 Å². The van der Waals surface area contributed by atoms with Crippen molar-refractivity contribution in [3.05, 3.63) is 41.3 Å². The number of benzene rings is 1. The number of rotatable bonds is 5. The second-order valence-corrected chi connectivity index (χ2v) is 3.71. The van der Waals surface area contributed by atoms with E-state index in [4.69, 9.17) is 14.0 Å². The van der Waals surface area contributed by atoms with E-state index in [1.165, 1.54) is 7.11 Å². The Morgan fingerprint density at radius 3 is 2.89 bits per heavy atom. The van der Waals surface area contributed by atoms with Gasteiger partial charge in [0.15, 0.2) is 17.8 Å². The van der Waals surface area contributed by atoms with Gasteiger partial charge in [0.25, 0.3) is 0 Å². The van der Waals surface area contributed by atoms with E-state index in [2.05, 4.69) is 5.16 Å². The maximum absolute atomic E-state index is 10.9. The van der Waals surface area contributed by atoms with Gasteiger partial charge in [0.05, 0.1) is 12.7 Å². The fraction of sp³-hybridized carbons (Fsp3) is 0.231. The van der Waals surface area contributed by atoms with Crippen molar-refractivity contribution in [1.29, 1.82) is 0 Å². The topological polar surface area (TPSA) is 61.6 Å². The number of methoxy groups -OCH3 is 1. The number of para-hydroxylation sites is 1. The average molecular weight is 247 g/mol. The highest BCUT2D eigenvalue weighted by Crippen LogP contribution is 2.30. The highest BCUT2D eigenvalue weighted by Gasteiger charge is 2.11. The quantitative estimate of drug-likeness (QED) is 0.759. The fourth-order valence-electron chi connectivity index (χ4n) is 1.57. The number of nitrogens with zero attached hydrogens (tertiary/aromatic N) is 1. The summed E-state index contributed by atoms with van der Waals surface area (Å²) in [5, 5.41) is 3.81. The van der Waals surface area contributed by atoms with Crippen LogP contribution in [0.1, 0.15) is 21.8 Å². The molecule has 0 aliphatic heterocycles. The van der Waals surface area contributed by atoms with E-state index in [0.717, 1.165) is 6.29 Å². The van der Waals surface area contributed by atoms with Crippen LogP contribution < -0.4 is 9.47 Å². The Hall–Kier alpha value is -2.30. The highest BCUT2D eigenvalue weighted by atomic mass is 16.5. The first-order valence-electron chi connectivity index (χ1n) is 5.41. The molecule has 0 saturated heterocycles. The van der Waals surface area contributed by atoms with E-state index in [1.54, 1.807) is 31.2 Å². The summed E-state index contributed by atoms with van der Waals surface area (Å²) in [6.07, 6.45) is 0.728. The summed E-state index contributed by atoms with van der Waals surface area (Å²) in [5.41, 5.74) is 1.10. The Kier molecular flexibility index (Phi) is 3.62. The summed E-state index contributed by atoms with van der Waals surface area (Å²) in [4.78, 5) is 10.9. The third kappa shape index (κ3) is 2.51. The molecule has 0 spiro atoms. The van der Waals surface area contributed by atoms with Crippen LogP contribution in [0.15, 0.2) is 28.8 Å². The minimum atomic E-state index is 0.221. The van der Waals surface area contributed by atoms with Crippen LogP contribution in [0.3, 0.4) is 0 Å². The van der Waals surface area contributed by atoms with Gasteiger partial charge < -0.3 is 14.0 Å². The third-order valence-corrected chi connectivity index (χ3v) is 2.40. The Morgan fingerprint density at radius 1 is 1.44 bits per heavy atom. The van der Waals surface area contributed by atoms with E-state index in [1.807, 2.05) is 0 Å². The lowest BCUT2D eigenvalue weighted by Crippen LogP contribution is -2.00. The Balaban J connectivity index is 2.19. The molecule has 0 bridgehead atoms. The van der Waals surface area contributed by atoms with Gasteiger partial charge in [0.2, 0.25) is 0 Å². The minimum absolute atomic E-state index is 0.221. The molecule has 1 aromatic heterocycles. The lowest BCUT2D eigenvalue weighted by atomic mass is 10.2. The molecule has 2 aromatic rings. The number of hydrogen-bond acceptors (Lipinski definition) is 5. The molecule has 18 heavy (non-hydrogen) atoms. The summed E-state index contributed by atoms with van der Waals surface area (Å²) < 4.78 is 15.7. The number of aryl methyl sites for hydroxylation is 1. The predicted octanol–water partition coefficient (Wildman–Crippen LogP) is 2.38. The van der Waals surface area contributed by atoms with E-state index < -0.39 is 0 Å². The van der Waals surface area contributed by atoms with Crippen LogP contribution in [0.25, 0.3) is 0 Å². The summed E-state index contributed by atoms with van der Waals surface area (Å²) >= 11 is 0. The van der Waals surface area contributed by atoms with Crippen LogP contribution in [-0.4, -0.2) is 18.6 Å². The summed E-state index contributed by atoms with van der Waals surface area (Å²) in [5.74, 6) is 1.64. The molecule has 0 aliphatic rings. The van der Waals surface area contributed by atoms with Crippen molar-refractivity contribution in [3.8, 4) is 11.5 Å². The first kappa shape index (κ1) is 12.2. The van der Waals surface area contributed by atoms with Gasteiger partial charge >= 0.3 is 0 Å². The zero-order chi connectivity index (χ0) is 13.0. The molecule has 5 heteroatoms. The normalized spacial score (nSPS) is 10.1. The lowest BCUT2D eigenvalue weighted by Gasteiger charge is -2.11. The van der Waals surface area contributed by atoms with E-state index >= 15 is 0 Å². The second-order valence-electron chi connectivity index (χ2n) is 3.71. The van der Waals surface area contributed by atoms with E-state index in [-0.39, 0.29) is 6.61 Å². The molecule has 0 aliphatic carbocycles. The van der Waals surface area contributed by atoms with Crippen molar-refractivity contribution in [2.24, 2.45) is 0 Å². The van der Waals surface area contributed by atoms with Gasteiger partial charge in [0.1, 0.15) is 18.1 Å². The molecule has 94 valence electrons. The van der Waals surface area contributed by atoms with Crippen LogP contribution in [0.5, 0.6) is 11.5 Å². The van der Waals surface area contributed by atoms with Crippen LogP contribution in [0.4, 0.5) is 0 Å². The van der Waals surface area contributed by atoms with Gasteiger partial charge in [-0.3, -0.25) is 4.79 Å². The smallest absolute Gasteiger partial charge is 0.172 e. The van der Waals surface area contributed by atoms with E-state index in [9.17, 15) is 4.79 Å². The molecule has 0 atom stereocenters. The molecule has 0 amide bonds. The lowest BCUT2D eigenvalue weighted by molar-refractivity contribution is 0.111. The van der Waals surface area contributed by atoms with Gasteiger partial charge in [-0.25, -0.2) is 0 Å². The molecule has 1 heterocycles. The maximum Gasteiger partial charge on any atom is 0.172 e. The first-order chi connectivity index (χ1) is 8.74. The number of carbonyl (C=O) groups excluding carboxylic acids is 1. The number of aromatic nitrogens is 1. The molecule has 5 nitrogen and oxygen atoms in total. The molecular weight excluding hydrogens is 234 g/mol. The molecule has 2 rings (SSSR count). The maximum atomic E-state index is 10.9. The van der Waals surface area contributed by atoms with Crippen LogP contribution in [0.2, 0.25) is 0 Å². The van der Waals surface area contributed by atoms with Crippen molar-refractivity contribution >= 4 is 6.29 Å². The zero-order valence-electron chi connectivity index (χ0n) is 10.2. The molecule has 1 aromatic carbocycles. The van der Waals surface area contributed by atoms with Crippen molar-refractivity contribution in [1.82, 2.24) is 5.16 Å². The third-order valence-electron chi connectivity index (χ3n) is 2.40. The van der Waals surface area contributed by atoms with Gasteiger partial charge in [0, 0.05) is 6.07 Å². The Bertz CT molecular complexity index is 548. The average Bonchev–Trinajstić information content (AvgIpc) is 2.81. The van der Waals surface area contributed by atoms with E-state index in [0.29, 0.717) is 28.5 Å². The Morgan fingerprint density at radius 2 is 2.28 bits per heavy atom. The molecule has 0 fully saturated rings. The standard InChI is InChI=1S/C13H13NO4/c1-9-6-11(14-18-9)8-17-13-10(7-15)4-3-5-12(13)16-2/h3-7H,8H2,1-2H3.